The summed E-state index contributed by atoms with van der Waals surface area (Å²) < 4.78 is 11.4. The largest absolute Gasteiger partial charge is 0.494 e. The molecular formula is C24H38N6O2. The lowest BCUT2D eigenvalue weighted by atomic mass is 10.2. The first-order chi connectivity index (χ1) is 15.6. The van der Waals surface area contributed by atoms with Gasteiger partial charge in [-0.25, -0.2) is 0 Å². The Morgan fingerprint density at radius 2 is 1.16 bits per heavy atom. The average Bonchev–Trinajstić information content (AvgIpc) is 2.80. The lowest BCUT2D eigenvalue weighted by Crippen LogP contribution is -2.22. The molecule has 0 saturated heterocycles. The molecule has 0 atom stereocenters. The van der Waals surface area contributed by atoms with Crippen molar-refractivity contribution in [3.8, 4) is 11.5 Å². The van der Waals surface area contributed by atoms with E-state index in [4.69, 9.17) is 32.1 Å². The van der Waals surface area contributed by atoms with Crippen LogP contribution in [0.5, 0.6) is 11.5 Å². The number of nitrogen functional groups attached to an aromatic ring is 1. The van der Waals surface area contributed by atoms with Crippen LogP contribution in [0.15, 0.2) is 48.5 Å². The molecule has 0 amide bonds. The Hall–Kier alpha value is -2.65. The Labute approximate surface area is 191 Å². The SMILES string of the molecule is N=C(N)c1ccc(OCCCNCCCCNCCCOc2ccc(C(N)N)cc2)cc1. The molecule has 32 heavy (non-hydrogen) atoms. The fourth-order valence-electron chi connectivity index (χ4n) is 3.04. The molecule has 2 aromatic rings. The zero-order chi connectivity index (χ0) is 23.0. The molecule has 2 rings (SSSR count). The summed E-state index contributed by atoms with van der Waals surface area (Å²) in [5, 5.41) is 14.3. The number of rotatable bonds is 17. The van der Waals surface area contributed by atoms with E-state index >= 15 is 0 Å². The van der Waals surface area contributed by atoms with E-state index in [0.717, 1.165) is 68.9 Å². The van der Waals surface area contributed by atoms with Gasteiger partial charge in [0, 0.05) is 5.56 Å². The van der Waals surface area contributed by atoms with Gasteiger partial charge in [0.15, 0.2) is 0 Å². The number of unbranched alkanes of at least 4 members (excludes halogenated alkanes) is 1. The zero-order valence-corrected chi connectivity index (χ0v) is 18.8. The van der Waals surface area contributed by atoms with Crippen LogP contribution in [0.2, 0.25) is 0 Å². The van der Waals surface area contributed by atoms with Gasteiger partial charge in [-0.3, -0.25) is 5.41 Å². The van der Waals surface area contributed by atoms with Crippen LogP contribution in [0.3, 0.4) is 0 Å². The Morgan fingerprint density at radius 1 is 0.719 bits per heavy atom. The Balaban J connectivity index is 1.34. The molecule has 0 aliphatic carbocycles. The van der Waals surface area contributed by atoms with E-state index in [1.807, 2.05) is 36.4 Å². The first kappa shape index (κ1) is 25.6. The third kappa shape index (κ3) is 10.6. The Bertz CT molecular complexity index is 765. The summed E-state index contributed by atoms with van der Waals surface area (Å²) in [6, 6.07) is 14.9. The summed E-state index contributed by atoms with van der Waals surface area (Å²) in [7, 11) is 0. The van der Waals surface area contributed by atoms with Crippen molar-refractivity contribution in [2.24, 2.45) is 17.2 Å². The molecule has 2 aromatic carbocycles. The number of hydrogen-bond acceptors (Lipinski definition) is 7. The molecule has 8 heteroatoms. The van der Waals surface area contributed by atoms with Gasteiger partial charge in [-0.15, -0.1) is 0 Å². The Morgan fingerprint density at radius 3 is 1.59 bits per heavy atom. The van der Waals surface area contributed by atoms with Gasteiger partial charge in [-0.05, 0) is 93.8 Å². The van der Waals surface area contributed by atoms with E-state index in [-0.39, 0.29) is 5.84 Å². The number of hydrogen-bond donors (Lipinski definition) is 6. The quantitative estimate of drug-likeness (QED) is 0.0952. The maximum Gasteiger partial charge on any atom is 0.122 e. The van der Waals surface area contributed by atoms with Crippen molar-refractivity contribution < 1.29 is 9.47 Å². The number of nitrogens with one attached hydrogen (secondary N) is 3. The first-order valence-corrected chi connectivity index (χ1v) is 11.3. The smallest absolute Gasteiger partial charge is 0.122 e. The van der Waals surface area contributed by atoms with Crippen molar-refractivity contribution in [1.29, 1.82) is 5.41 Å². The molecule has 9 N–H and O–H groups in total. The molecule has 0 saturated carbocycles. The van der Waals surface area contributed by atoms with E-state index < -0.39 is 6.17 Å². The van der Waals surface area contributed by atoms with Crippen molar-refractivity contribution in [2.75, 3.05) is 39.4 Å². The van der Waals surface area contributed by atoms with Gasteiger partial charge in [0.25, 0.3) is 0 Å². The first-order valence-electron chi connectivity index (χ1n) is 11.3. The number of ether oxygens (including phenoxy) is 2. The molecular weight excluding hydrogens is 404 g/mol. The highest BCUT2D eigenvalue weighted by molar-refractivity contribution is 5.94. The molecule has 0 spiro atoms. The van der Waals surface area contributed by atoms with Gasteiger partial charge in [0.1, 0.15) is 17.3 Å². The topological polar surface area (TPSA) is 144 Å². The second-order valence-corrected chi connectivity index (χ2v) is 7.64. The fraction of sp³-hybridized carbons (Fsp3) is 0.458. The maximum atomic E-state index is 7.38. The Kier molecular flexibility index (Phi) is 12.2. The third-order valence-electron chi connectivity index (χ3n) is 4.92. The molecule has 0 aromatic heterocycles. The van der Waals surface area contributed by atoms with Crippen LogP contribution < -0.4 is 37.3 Å². The minimum absolute atomic E-state index is 0.0706. The van der Waals surface area contributed by atoms with Crippen molar-refractivity contribution in [3.05, 3.63) is 59.7 Å². The summed E-state index contributed by atoms with van der Waals surface area (Å²) >= 11 is 0. The van der Waals surface area contributed by atoms with E-state index in [2.05, 4.69) is 10.6 Å². The summed E-state index contributed by atoms with van der Waals surface area (Å²) in [4.78, 5) is 0. The minimum atomic E-state index is -0.443. The summed E-state index contributed by atoms with van der Waals surface area (Å²) in [6.07, 6.45) is 3.77. The summed E-state index contributed by atoms with van der Waals surface area (Å²) in [5.74, 6) is 1.72. The second kappa shape index (κ2) is 15.2. The van der Waals surface area contributed by atoms with Crippen LogP contribution in [-0.2, 0) is 0 Å². The highest BCUT2D eigenvalue weighted by Crippen LogP contribution is 2.14. The zero-order valence-electron chi connectivity index (χ0n) is 18.8. The highest BCUT2D eigenvalue weighted by atomic mass is 16.5. The number of nitrogens with two attached hydrogens (primary N) is 3. The molecule has 0 unspecified atom stereocenters. The van der Waals surface area contributed by atoms with Crippen LogP contribution in [0.1, 0.15) is 43.0 Å². The minimum Gasteiger partial charge on any atom is -0.494 e. The molecule has 0 bridgehead atoms. The fourth-order valence-corrected chi connectivity index (χ4v) is 3.04. The number of benzene rings is 2. The van der Waals surface area contributed by atoms with Gasteiger partial charge < -0.3 is 37.3 Å². The van der Waals surface area contributed by atoms with Crippen LogP contribution in [0, 0.1) is 5.41 Å². The molecule has 0 heterocycles. The third-order valence-corrected chi connectivity index (χ3v) is 4.92. The highest BCUT2D eigenvalue weighted by Gasteiger charge is 2.00. The predicted octanol–water partition coefficient (Wildman–Crippen LogP) is 2.08. The van der Waals surface area contributed by atoms with Crippen molar-refractivity contribution in [1.82, 2.24) is 10.6 Å². The van der Waals surface area contributed by atoms with Crippen LogP contribution in [0.25, 0.3) is 0 Å². The lowest BCUT2D eigenvalue weighted by molar-refractivity contribution is 0.306. The van der Waals surface area contributed by atoms with Crippen molar-refractivity contribution in [3.63, 3.8) is 0 Å². The molecule has 0 fully saturated rings. The molecule has 8 nitrogen and oxygen atoms in total. The van der Waals surface area contributed by atoms with Crippen LogP contribution in [0.4, 0.5) is 0 Å². The second-order valence-electron chi connectivity index (χ2n) is 7.64. The van der Waals surface area contributed by atoms with Gasteiger partial charge >= 0.3 is 0 Å². The summed E-state index contributed by atoms with van der Waals surface area (Å²) in [6.45, 7) is 5.27. The average molecular weight is 443 g/mol. The monoisotopic (exact) mass is 442 g/mol. The summed E-state index contributed by atoms with van der Waals surface area (Å²) in [5.41, 5.74) is 18.3. The van der Waals surface area contributed by atoms with E-state index in [1.54, 1.807) is 12.1 Å². The molecule has 0 aliphatic heterocycles. The number of amidine groups is 1. The van der Waals surface area contributed by atoms with E-state index in [9.17, 15) is 0 Å². The normalized spacial score (nSPS) is 11.0. The van der Waals surface area contributed by atoms with Crippen LogP contribution in [-0.4, -0.2) is 45.2 Å². The van der Waals surface area contributed by atoms with E-state index in [1.165, 1.54) is 0 Å². The van der Waals surface area contributed by atoms with Gasteiger partial charge in [-0.1, -0.05) is 12.1 Å². The maximum absolute atomic E-state index is 7.38. The van der Waals surface area contributed by atoms with E-state index in [0.29, 0.717) is 18.8 Å². The molecule has 0 radical (unpaired) electrons. The van der Waals surface area contributed by atoms with Gasteiger partial charge in [-0.2, -0.15) is 0 Å². The molecule has 0 aliphatic rings. The lowest BCUT2D eigenvalue weighted by Gasteiger charge is -2.10. The predicted molar refractivity (Wildman–Crippen MR) is 130 cm³/mol. The molecule has 176 valence electrons. The van der Waals surface area contributed by atoms with Crippen molar-refractivity contribution >= 4 is 5.84 Å². The van der Waals surface area contributed by atoms with Gasteiger partial charge in [0.2, 0.25) is 0 Å². The standard InChI is InChI=1S/C24H38N6O2/c25-23(26)19-5-9-21(10-6-19)31-17-3-15-29-13-1-2-14-30-16-4-18-32-22-11-7-20(8-12-22)24(27)28/h5-12,23,29-30H,1-4,13-18,25-26H2,(H3,27,28). The van der Waals surface area contributed by atoms with Gasteiger partial charge in [0.05, 0.1) is 19.4 Å². The van der Waals surface area contributed by atoms with Crippen molar-refractivity contribution in [2.45, 2.75) is 31.8 Å². The van der Waals surface area contributed by atoms with Crippen LogP contribution >= 0.6 is 0 Å².